The maximum atomic E-state index is 10.7. The second-order valence-corrected chi connectivity index (χ2v) is 3.75. The maximum Gasteiger partial charge on any atom is 0.407 e. The summed E-state index contributed by atoms with van der Waals surface area (Å²) in [6, 6.07) is 5.15. The Hall–Kier alpha value is -2.29. The number of rotatable bonds is 2. The number of hydrogen-bond acceptors (Lipinski definition) is 4. The van der Waals surface area contributed by atoms with E-state index in [-0.39, 0.29) is 6.10 Å². The highest BCUT2D eigenvalue weighted by Gasteiger charge is 2.27. The normalized spacial score (nSPS) is 18.8. The molecular weight excluding hydrogens is 222 g/mol. The van der Waals surface area contributed by atoms with Crippen LogP contribution >= 0.6 is 0 Å². The minimum Gasteiger partial charge on any atom is -0.487 e. The summed E-state index contributed by atoms with van der Waals surface area (Å²) in [4.78, 5) is 15.9. The number of carboxylic acid groups (broad SMARTS) is 1. The highest BCUT2D eigenvalue weighted by Crippen LogP contribution is 2.17. The fourth-order valence-electron chi connectivity index (χ4n) is 1.71. The van der Waals surface area contributed by atoms with Crippen LogP contribution in [0.5, 0.6) is 5.75 Å². The van der Waals surface area contributed by atoms with E-state index in [1.807, 2.05) is 6.07 Å². The van der Waals surface area contributed by atoms with Gasteiger partial charge in [-0.15, -0.1) is 0 Å². The van der Waals surface area contributed by atoms with Crippen molar-refractivity contribution in [3.63, 3.8) is 0 Å². The summed E-state index contributed by atoms with van der Waals surface area (Å²) in [5, 5.41) is 17.4. The molecule has 0 aliphatic carbocycles. The van der Waals surface area contributed by atoms with Crippen molar-refractivity contribution in [3.05, 3.63) is 24.0 Å². The van der Waals surface area contributed by atoms with Crippen LogP contribution in [0, 0.1) is 11.3 Å². The maximum absolute atomic E-state index is 10.7. The molecule has 1 aromatic rings. The minimum atomic E-state index is -0.922. The summed E-state index contributed by atoms with van der Waals surface area (Å²) < 4.78 is 5.58. The number of carbonyl (C=O) groups is 1. The molecular formula is C11H11N3O3. The average molecular weight is 233 g/mol. The summed E-state index contributed by atoms with van der Waals surface area (Å²) in [5.41, 5.74) is 0.330. The first-order chi connectivity index (χ1) is 8.19. The molecule has 1 atom stereocenters. The van der Waals surface area contributed by atoms with Gasteiger partial charge < -0.3 is 14.7 Å². The predicted octanol–water partition coefficient (Wildman–Crippen LogP) is 1.08. The zero-order chi connectivity index (χ0) is 12.3. The van der Waals surface area contributed by atoms with E-state index < -0.39 is 6.09 Å². The molecule has 0 bridgehead atoms. The lowest BCUT2D eigenvalue weighted by Crippen LogP contribution is -2.29. The molecule has 6 heteroatoms. The van der Waals surface area contributed by atoms with Crippen molar-refractivity contribution in [1.29, 1.82) is 5.26 Å². The lowest BCUT2D eigenvalue weighted by molar-refractivity contribution is 0.145. The van der Waals surface area contributed by atoms with Crippen molar-refractivity contribution in [2.45, 2.75) is 12.5 Å². The van der Waals surface area contributed by atoms with Crippen LogP contribution in [0.3, 0.4) is 0 Å². The zero-order valence-electron chi connectivity index (χ0n) is 9.04. The van der Waals surface area contributed by atoms with Crippen LogP contribution in [0.2, 0.25) is 0 Å². The molecule has 1 amide bonds. The van der Waals surface area contributed by atoms with Gasteiger partial charge in [-0.05, 0) is 12.1 Å². The highest BCUT2D eigenvalue weighted by atomic mass is 16.5. The van der Waals surface area contributed by atoms with Crippen molar-refractivity contribution in [1.82, 2.24) is 9.88 Å². The third kappa shape index (κ3) is 2.64. The first-order valence-electron chi connectivity index (χ1n) is 5.19. The lowest BCUT2D eigenvalue weighted by atomic mass is 10.3. The van der Waals surface area contributed by atoms with E-state index in [0.717, 1.165) is 0 Å². The van der Waals surface area contributed by atoms with Gasteiger partial charge in [-0.2, -0.15) is 5.26 Å². The smallest absolute Gasteiger partial charge is 0.407 e. The quantitative estimate of drug-likeness (QED) is 0.826. The molecule has 17 heavy (non-hydrogen) atoms. The molecule has 2 heterocycles. The molecule has 0 saturated carbocycles. The van der Waals surface area contributed by atoms with Gasteiger partial charge in [-0.1, -0.05) is 0 Å². The third-order valence-electron chi connectivity index (χ3n) is 2.57. The van der Waals surface area contributed by atoms with Crippen LogP contribution in [0.1, 0.15) is 12.1 Å². The largest absolute Gasteiger partial charge is 0.487 e. The second-order valence-electron chi connectivity index (χ2n) is 3.75. The van der Waals surface area contributed by atoms with E-state index >= 15 is 0 Å². The number of nitrogens with zero attached hydrogens (tertiary/aromatic N) is 3. The van der Waals surface area contributed by atoms with E-state index in [2.05, 4.69) is 4.98 Å². The molecule has 1 aromatic heterocycles. The van der Waals surface area contributed by atoms with Crippen LogP contribution in [0.15, 0.2) is 18.3 Å². The number of aromatic nitrogens is 1. The Labute approximate surface area is 98.1 Å². The second kappa shape index (κ2) is 4.70. The lowest BCUT2D eigenvalue weighted by Gasteiger charge is -2.14. The number of ether oxygens (including phenoxy) is 1. The number of hydrogen-bond donors (Lipinski definition) is 1. The van der Waals surface area contributed by atoms with Gasteiger partial charge in [0.1, 0.15) is 23.6 Å². The van der Waals surface area contributed by atoms with Crippen molar-refractivity contribution in [3.8, 4) is 11.8 Å². The van der Waals surface area contributed by atoms with E-state index in [9.17, 15) is 4.79 Å². The Morgan fingerprint density at radius 3 is 3.00 bits per heavy atom. The van der Waals surface area contributed by atoms with E-state index in [4.69, 9.17) is 15.1 Å². The molecule has 6 nitrogen and oxygen atoms in total. The summed E-state index contributed by atoms with van der Waals surface area (Å²) in [5.74, 6) is 0.557. The monoisotopic (exact) mass is 233 g/mol. The van der Waals surface area contributed by atoms with E-state index in [1.54, 1.807) is 12.1 Å². The van der Waals surface area contributed by atoms with Gasteiger partial charge in [0.15, 0.2) is 0 Å². The first kappa shape index (κ1) is 11.2. The zero-order valence-corrected chi connectivity index (χ0v) is 9.04. The van der Waals surface area contributed by atoms with Gasteiger partial charge in [0.2, 0.25) is 0 Å². The van der Waals surface area contributed by atoms with Crippen LogP contribution in [0.4, 0.5) is 4.79 Å². The van der Waals surface area contributed by atoms with Crippen LogP contribution in [-0.2, 0) is 0 Å². The van der Waals surface area contributed by atoms with E-state index in [1.165, 1.54) is 11.1 Å². The Bertz CT molecular complexity index is 452. The van der Waals surface area contributed by atoms with Gasteiger partial charge in [0.05, 0.1) is 12.7 Å². The minimum absolute atomic E-state index is 0.138. The van der Waals surface area contributed by atoms with Crippen molar-refractivity contribution in [2.75, 3.05) is 13.1 Å². The molecule has 2 rings (SSSR count). The Morgan fingerprint density at radius 1 is 1.65 bits per heavy atom. The van der Waals surface area contributed by atoms with Crippen LogP contribution in [-0.4, -0.2) is 40.3 Å². The SMILES string of the molecule is N#Cc1ccc(O[C@H]2CCN(C(=O)O)C2)cn1. The molecule has 1 fully saturated rings. The Balaban J connectivity index is 1.94. The summed E-state index contributed by atoms with van der Waals surface area (Å²) in [6.07, 6.45) is 1.09. The molecule has 0 aromatic carbocycles. The molecule has 1 aliphatic heterocycles. The van der Waals surface area contributed by atoms with Gasteiger partial charge in [0.25, 0.3) is 0 Å². The van der Waals surface area contributed by atoms with Gasteiger partial charge in [-0.3, -0.25) is 0 Å². The molecule has 0 unspecified atom stereocenters. The predicted molar refractivity (Wildman–Crippen MR) is 57.6 cm³/mol. The fraction of sp³-hybridized carbons (Fsp3) is 0.364. The molecule has 0 spiro atoms. The average Bonchev–Trinajstić information content (AvgIpc) is 2.79. The standard InChI is InChI=1S/C11H11N3O3/c12-5-8-1-2-9(6-13-8)17-10-3-4-14(7-10)11(15)16/h1-2,6,10H,3-4,7H2,(H,15,16)/t10-/m0/s1. The number of likely N-dealkylation sites (tertiary alicyclic amines) is 1. The summed E-state index contributed by atoms with van der Waals surface area (Å²) >= 11 is 0. The highest BCUT2D eigenvalue weighted by molar-refractivity contribution is 5.65. The van der Waals surface area contributed by atoms with Crippen molar-refractivity contribution in [2.24, 2.45) is 0 Å². The van der Waals surface area contributed by atoms with E-state index in [0.29, 0.717) is 31.0 Å². The van der Waals surface area contributed by atoms with Gasteiger partial charge in [0, 0.05) is 13.0 Å². The Morgan fingerprint density at radius 2 is 2.47 bits per heavy atom. The van der Waals surface area contributed by atoms with Gasteiger partial charge >= 0.3 is 6.09 Å². The molecule has 88 valence electrons. The van der Waals surface area contributed by atoms with Crippen molar-refractivity contribution < 1.29 is 14.6 Å². The fourth-order valence-corrected chi connectivity index (χ4v) is 1.71. The number of nitriles is 1. The number of pyridine rings is 1. The van der Waals surface area contributed by atoms with Crippen molar-refractivity contribution >= 4 is 6.09 Å². The summed E-state index contributed by atoms with van der Waals surface area (Å²) in [7, 11) is 0. The topological polar surface area (TPSA) is 86.5 Å². The molecule has 0 radical (unpaired) electrons. The first-order valence-corrected chi connectivity index (χ1v) is 5.19. The number of amides is 1. The molecule has 1 N–H and O–H groups in total. The van der Waals surface area contributed by atoms with Gasteiger partial charge in [-0.25, -0.2) is 9.78 Å². The Kier molecular flexibility index (Phi) is 3.10. The molecule has 1 saturated heterocycles. The third-order valence-corrected chi connectivity index (χ3v) is 2.57. The molecule has 1 aliphatic rings. The summed E-state index contributed by atoms with van der Waals surface area (Å²) in [6.45, 7) is 0.860. The van der Waals surface area contributed by atoms with Crippen LogP contribution in [0.25, 0.3) is 0 Å². The van der Waals surface area contributed by atoms with Crippen LogP contribution < -0.4 is 4.74 Å².